The van der Waals surface area contributed by atoms with Gasteiger partial charge in [0.15, 0.2) is 11.6 Å². The molecule has 0 spiro atoms. The smallest absolute Gasteiger partial charge is 0.178 e. The first-order chi connectivity index (χ1) is 13.1. The molecule has 2 aromatic carbocycles. The second kappa shape index (κ2) is 10.7. The fourth-order valence-electron chi connectivity index (χ4n) is 2.26. The highest BCUT2D eigenvalue weighted by Crippen LogP contribution is 2.08. The number of nitrogens with one attached hydrogen (secondary N) is 2. The number of hydrogen-bond acceptors (Lipinski definition) is 6. The summed E-state index contributed by atoms with van der Waals surface area (Å²) < 4.78 is 0. The van der Waals surface area contributed by atoms with Crippen molar-refractivity contribution in [3.05, 3.63) is 60.7 Å². The molecule has 2 rings (SSSR count). The molecule has 0 radical (unpaired) electrons. The van der Waals surface area contributed by atoms with Gasteiger partial charge in [-0.2, -0.15) is 10.2 Å². The van der Waals surface area contributed by atoms with Crippen LogP contribution < -0.4 is 10.9 Å². The molecule has 0 unspecified atom stereocenters. The number of para-hydroxylation sites is 2. The molecule has 140 valence electrons. The average Bonchev–Trinajstić information content (AvgIpc) is 2.73. The predicted octanol–water partition coefficient (Wildman–Crippen LogP) is 4.27. The van der Waals surface area contributed by atoms with E-state index in [-0.39, 0.29) is 29.4 Å². The highest BCUT2D eigenvalue weighted by molar-refractivity contribution is 6.51. The third kappa shape index (κ3) is 6.51. The molecule has 0 saturated carbocycles. The highest BCUT2D eigenvalue weighted by Gasteiger charge is 2.18. The Kier molecular flexibility index (Phi) is 7.91. The van der Waals surface area contributed by atoms with Crippen molar-refractivity contribution in [3.63, 3.8) is 0 Å². The number of ketones is 2. The second-order valence-corrected chi connectivity index (χ2v) is 5.80. The van der Waals surface area contributed by atoms with Gasteiger partial charge in [0.25, 0.3) is 0 Å². The van der Waals surface area contributed by atoms with Gasteiger partial charge in [0, 0.05) is 19.3 Å². The lowest BCUT2D eigenvalue weighted by Gasteiger charge is -2.09. The van der Waals surface area contributed by atoms with Crippen LogP contribution in [-0.2, 0) is 9.59 Å². The van der Waals surface area contributed by atoms with E-state index in [1.165, 1.54) is 0 Å². The topological polar surface area (TPSA) is 82.9 Å². The van der Waals surface area contributed by atoms with Gasteiger partial charge in [-0.05, 0) is 24.3 Å². The van der Waals surface area contributed by atoms with Crippen molar-refractivity contribution in [3.8, 4) is 0 Å². The standard InChI is InChI=1S/C21H24N4O2/c1-3-20(26)18(24-22-16-11-7-5-8-12-16)15-19(21(27)4-2)25-23-17-13-9-6-10-14-17/h5-14,22-23H,3-4,15H2,1-2H3/b24-18-,25-19-. The first-order valence-electron chi connectivity index (χ1n) is 8.95. The van der Waals surface area contributed by atoms with E-state index < -0.39 is 0 Å². The summed E-state index contributed by atoms with van der Waals surface area (Å²) >= 11 is 0. The molecular formula is C21H24N4O2. The summed E-state index contributed by atoms with van der Waals surface area (Å²) in [5.74, 6) is -0.260. The van der Waals surface area contributed by atoms with Gasteiger partial charge in [0.1, 0.15) is 11.4 Å². The van der Waals surface area contributed by atoms with Crippen molar-refractivity contribution >= 4 is 34.4 Å². The van der Waals surface area contributed by atoms with Gasteiger partial charge in [-0.1, -0.05) is 50.2 Å². The zero-order valence-corrected chi connectivity index (χ0v) is 15.6. The normalized spacial score (nSPS) is 11.8. The Bertz CT molecular complexity index is 745. The van der Waals surface area contributed by atoms with Gasteiger partial charge < -0.3 is 0 Å². The number of rotatable bonds is 10. The minimum Gasteiger partial charge on any atom is -0.293 e. The highest BCUT2D eigenvalue weighted by atomic mass is 16.1. The number of carbonyl (C=O) groups excluding carboxylic acids is 2. The van der Waals surface area contributed by atoms with Crippen molar-refractivity contribution in [1.29, 1.82) is 0 Å². The van der Waals surface area contributed by atoms with Crippen molar-refractivity contribution < 1.29 is 9.59 Å². The monoisotopic (exact) mass is 364 g/mol. The summed E-state index contributed by atoms with van der Waals surface area (Å²) in [4.78, 5) is 24.6. The molecule has 6 heteroatoms. The first-order valence-corrected chi connectivity index (χ1v) is 8.95. The molecule has 2 aromatic rings. The number of hydrazone groups is 2. The lowest BCUT2D eigenvalue weighted by molar-refractivity contribution is -0.113. The summed E-state index contributed by atoms with van der Waals surface area (Å²) in [6.45, 7) is 3.53. The number of nitrogens with zero attached hydrogens (tertiary/aromatic N) is 2. The summed E-state index contributed by atoms with van der Waals surface area (Å²) in [5, 5.41) is 8.46. The van der Waals surface area contributed by atoms with E-state index in [4.69, 9.17) is 0 Å². The quantitative estimate of drug-likeness (QED) is 0.487. The zero-order valence-electron chi connectivity index (χ0n) is 15.6. The Balaban J connectivity index is 2.21. The summed E-state index contributed by atoms with van der Waals surface area (Å²) in [7, 11) is 0. The fraction of sp³-hybridized carbons (Fsp3) is 0.238. The Morgan fingerprint density at radius 2 is 1.07 bits per heavy atom. The minimum atomic E-state index is -0.130. The molecule has 0 atom stereocenters. The Morgan fingerprint density at radius 3 is 1.41 bits per heavy atom. The number of benzene rings is 2. The Morgan fingerprint density at radius 1 is 0.704 bits per heavy atom. The van der Waals surface area contributed by atoms with E-state index in [9.17, 15) is 9.59 Å². The van der Waals surface area contributed by atoms with Crippen LogP contribution in [0, 0.1) is 0 Å². The maximum atomic E-state index is 12.3. The van der Waals surface area contributed by atoms with Crippen molar-refractivity contribution in [2.75, 3.05) is 10.9 Å². The maximum Gasteiger partial charge on any atom is 0.178 e. The van der Waals surface area contributed by atoms with Crippen molar-refractivity contribution in [1.82, 2.24) is 0 Å². The summed E-state index contributed by atoms with van der Waals surface area (Å²) in [6.07, 6.45) is 0.670. The minimum absolute atomic E-state index is 0.0685. The van der Waals surface area contributed by atoms with E-state index in [0.717, 1.165) is 11.4 Å². The average molecular weight is 364 g/mol. The molecule has 0 amide bonds. The van der Waals surface area contributed by atoms with Crippen LogP contribution in [0.2, 0.25) is 0 Å². The summed E-state index contributed by atoms with van der Waals surface area (Å²) in [6, 6.07) is 18.7. The Hall–Kier alpha value is -3.28. The predicted molar refractivity (Wildman–Crippen MR) is 110 cm³/mol. The molecule has 0 aliphatic carbocycles. The number of hydrogen-bond donors (Lipinski definition) is 2. The van der Waals surface area contributed by atoms with Gasteiger partial charge in [0.2, 0.25) is 0 Å². The number of anilines is 2. The maximum absolute atomic E-state index is 12.3. The summed E-state index contributed by atoms with van der Waals surface area (Å²) in [5.41, 5.74) is 7.83. The first kappa shape index (κ1) is 20.0. The molecule has 27 heavy (non-hydrogen) atoms. The lowest BCUT2D eigenvalue weighted by Crippen LogP contribution is -2.24. The molecule has 0 aliphatic heterocycles. The molecule has 0 aromatic heterocycles. The second-order valence-electron chi connectivity index (χ2n) is 5.80. The van der Waals surface area contributed by atoms with Gasteiger partial charge in [-0.15, -0.1) is 0 Å². The van der Waals surface area contributed by atoms with Gasteiger partial charge in [0.05, 0.1) is 11.4 Å². The third-order valence-electron chi connectivity index (χ3n) is 3.81. The molecule has 2 N–H and O–H groups in total. The van der Waals surface area contributed by atoms with Gasteiger partial charge in [-0.3, -0.25) is 20.4 Å². The van der Waals surface area contributed by atoms with E-state index in [1.807, 2.05) is 60.7 Å². The van der Waals surface area contributed by atoms with E-state index in [0.29, 0.717) is 12.8 Å². The van der Waals surface area contributed by atoms with E-state index in [1.54, 1.807) is 13.8 Å². The third-order valence-corrected chi connectivity index (χ3v) is 3.81. The Labute approximate surface area is 159 Å². The molecule has 0 fully saturated rings. The van der Waals surface area contributed by atoms with Crippen LogP contribution in [0.5, 0.6) is 0 Å². The van der Waals surface area contributed by atoms with Crippen LogP contribution in [0.1, 0.15) is 33.1 Å². The fourth-order valence-corrected chi connectivity index (χ4v) is 2.26. The van der Waals surface area contributed by atoms with Gasteiger partial charge in [-0.25, -0.2) is 0 Å². The lowest BCUT2D eigenvalue weighted by atomic mass is 10.0. The zero-order chi connectivity index (χ0) is 19.5. The van der Waals surface area contributed by atoms with Crippen molar-refractivity contribution in [2.24, 2.45) is 10.2 Å². The van der Waals surface area contributed by atoms with E-state index in [2.05, 4.69) is 21.1 Å². The number of carbonyl (C=O) groups is 2. The SMILES string of the molecule is CCC(=O)/C(C/C(=N/Nc1ccccc1)C(=O)CC)=N\Nc1ccccc1. The molecular weight excluding hydrogens is 340 g/mol. The van der Waals surface area contributed by atoms with E-state index >= 15 is 0 Å². The molecule has 0 saturated heterocycles. The van der Waals surface area contributed by atoms with Crippen LogP contribution in [0.15, 0.2) is 70.9 Å². The molecule has 0 aliphatic rings. The molecule has 6 nitrogen and oxygen atoms in total. The molecule has 0 heterocycles. The van der Waals surface area contributed by atoms with Crippen LogP contribution in [-0.4, -0.2) is 23.0 Å². The largest absolute Gasteiger partial charge is 0.293 e. The van der Waals surface area contributed by atoms with Crippen LogP contribution in [0.25, 0.3) is 0 Å². The molecule has 0 bridgehead atoms. The van der Waals surface area contributed by atoms with Crippen LogP contribution in [0.4, 0.5) is 11.4 Å². The van der Waals surface area contributed by atoms with Crippen molar-refractivity contribution in [2.45, 2.75) is 33.1 Å². The van der Waals surface area contributed by atoms with Crippen LogP contribution in [0.3, 0.4) is 0 Å². The van der Waals surface area contributed by atoms with Crippen LogP contribution >= 0.6 is 0 Å². The number of Topliss-reactive ketones (excluding diaryl/α,β-unsaturated/α-hetero) is 2. The van der Waals surface area contributed by atoms with Gasteiger partial charge >= 0.3 is 0 Å².